The normalized spacial score (nSPS) is 10.7. The molecule has 0 amide bonds. The molecule has 3 aromatic rings. The van der Waals surface area contributed by atoms with Gasteiger partial charge in [0, 0.05) is 10.9 Å². The van der Waals surface area contributed by atoms with Crippen molar-refractivity contribution in [3.63, 3.8) is 0 Å². The fraction of sp³-hybridized carbons (Fsp3) is 0.0667. The maximum atomic E-state index is 13.3. The van der Waals surface area contributed by atoms with Crippen LogP contribution in [-0.2, 0) is 0 Å². The van der Waals surface area contributed by atoms with Crippen molar-refractivity contribution >= 4 is 16.7 Å². The van der Waals surface area contributed by atoms with Gasteiger partial charge >= 0.3 is 0 Å². The SMILES string of the molecule is COc1ccc2nc(-c3cccc(F)c3)nc(N)c2c1. The van der Waals surface area contributed by atoms with Crippen molar-refractivity contribution < 1.29 is 9.13 Å². The monoisotopic (exact) mass is 269 g/mol. The van der Waals surface area contributed by atoms with E-state index in [4.69, 9.17) is 10.5 Å². The van der Waals surface area contributed by atoms with E-state index in [-0.39, 0.29) is 5.82 Å². The standard InChI is InChI=1S/C15H12FN3O/c1-20-11-5-6-13-12(8-11)14(17)19-15(18-13)9-3-2-4-10(16)7-9/h2-8H,1H3,(H2,17,18,19). The van der Waals surface area contributed by atoms with Crippen molar-refractivity contribution in [2.24, 2.45) is 0 Å². The molecule has 0 aliphatic carbocycles. The third-order valence-electron chi connectivity index (χ3n) is 3.02. The summed E-state index contributed by atoms with van der Waals surface area (Å²) in [4.78, 5) is 8.64. The molecule has 1 heterocycles. The van der Waals surface area contributed by atoms with Gasteiger partial charge in [0.25, 0.3) is 0 Å². The van der Waals surface area contributed by atoms with Crippen LogP contribution >= 0.6 is 0 Å². The van der Waals surface area contributed by atoms with Crippen molar-refractivity contribution in [3.8, 4) is 17.1 Å². The summed E-state index contributed by atoms with van der Waals surface area (Å²) in [6.45, 7) is 0. The first kappa shape index (κ1) is 12.3. The highest BCUT2D eigenvalue weighted by Gasteiger charge is 2.09. The van der Waals surface area contributed by atoms with Crippen LogP contribution in [0.25, 0.3) is 22.3 Å². The number of rotatable bonds is 2. The van der Waals surface area contributed by atoms with Crippen LogP contribution in [0.2, 0.25) is 0 Å². The van der Waals surface area contributed by atoms with E-state index in [0.717, 1.165) is 0 Å². The zero-order chi connectivity index (χ0) is 14.1. The average molecular weight is 269 g/mol. The van der Waals surface area contributed by atoms with Crippen LogP contribution in [0, 0.1) is 5.82 Å². The number of nitrogens with zero attached hydrogens (tertiary/aromatic N) is 2. The molecule has 0 bridgehead atoms. The summed E-state index contributed by atoms with van der Waals surface area (Å²) in [7, 11) is 1.58. The van der Waals surface area contributed by atoms with Crippen LogP contribution in [-0.4, -0.2) is 17.1 Å². The molecule has 0 unspecified atom stereocenters. The van der Waals surface area contributed by atoms with E-state index in [2.05, 4.69) is 9.97 Å². The number of ether oxygens (including phenoxy) is 1. The second-order valence-corrected chi connectivity index (χ2v) is 4.33. The Morgan fingerprint density at radius 2 is 1.95 bits per heavy atom. The molecule has 2 N–H and O–H groups in total. The molecule has 0 spiro atoms. The molecule has 4 nitrogen and oxygen atoms in total. The van der Waals surface area contributed by atoms with E-state index < -0.39 is 0 Å². The number of hydrogen-bond donors (Lipinski definition) is 1. The maximum Gasteiger partial charge on any atom is 0.162 e. The van der Waals surface area contributed by atoms with Gasteiger partial charge in [-0.15, -0.1) is 0 Å². The Hall–Kier alpha value is -2.69. The number of nitrogens with two attached hydrogens (primary N) is 1. The largest absolute Gasteiger partial charge is 0.497 e. The van der Waals surface area contributed by atoms with E-state index in [0.29, 0.717) is 33.9 Å². The molecule has 3 rings (SSSR count). The highest BCUT2D eigenvalue weighted by molar-refractivity contribution is 5.90. The van der Waals surface area contributed by atoms with Crippen LogP contribution in [0.15, 0.2) is 42.5 Å². The summed E-state index contributed by atoms with van der Waals surface area (Å²) in [5.74, 6) is 1.10. The molecule has 20 heavy (non-hydrogen) atoms. The number of halogens is 1. The van der Waals surface area contributed by atoms with Gasteiger partial charge in [-0.3, -0.25) is 0 Å². The van der Waals surface area contributed by atoms with Gasteiger partial charge in [0.2, 0.25) is 0 Å². The highest BCUT2D eigenvalue weighted by atomic mass is 19.1. The Labute approximate surface area is 115 Å². The summed E-state index contributed by atoms with van der Waals surface area (Å²) in [5.41, 5.74) is 7.24. The Morgan fingerprint density at radius 1 is 1.10 bits per heavy atom. The van der Waals surface area contributed by atoms with E-state index in [1.807, 2.05) is 0 Å². The van der Waals surface area contributed by atoms with E-state index in [9.17, 15) is 4.39 Å². The molecular weight excluding hydrogens is 257 g/mol. The smallest absolute Gasteiger partial charge is 0.162 e. The fourth-order valence-corrected chi connectivity index (χ4v) is 2.01. The average Bonchev–Trinajstić information content (AvgIpc) is 2.47. The van der Waals surface area contributed by atoms with Crippen molar-refractivity contribution in [3.05, 3.63) is 48.3 Å². The van der Waals surface area contributed by atoms with E-state index in [1.54, 1.807) is 37.4 Å². The Bertz CT molecular complexity index is 789. The van der Waals surface area contributed by atoms with Crippen molar-refractivity contribution in [1.29, 1.82) is 0 Å². The van der Waals surface area contributed by atoms with Gasteiger partial charge in [-0.1, -0.05) is 12.1 Å². The third-order valence-corrected chi connectivity index (χ3v) is 3.02. The zero-order valence-electron chi connectivity index (χ0n) is 10.8. The van der Waals surface area contributed by atoms with Crippen molar-refractivity contribution in [1.82, 2.24) is 9.97 Å². The Balaban J connectivity index is 2.19. The number of fused-ring (bicyclic) bond motifs is 1. The zero-order valence-corrected chi connectivity index (χ0v) is 10.8. The minimum absolute atomic E-state index is 0.334. The minimum Gasteiger partial charge on any atom is -0.497 e. The third kappa shape index (κ3) is 2.14. The lowest BCUT2D eigenvalue weighted by Crippen LogP contribution is -1.98. The van der Waals surface area contributed by atoms with Crippen LogP contribution in [0.3, 0.4) is 0 Å². The van der Waals surface area contributed by atoms with Gasteiger partial charge in [0.05, 0.1) is 12.6 Å². The molecule has 5 heteroatoms. The fourth-order valence-electron chi connectivity index (χ4n) is 2.01. The maximum absolute atomic E-state index is 13.3. The number of hydrogen-bond acceptors (Lipinski definition) is 4. The second kappa shape index (κ2) is 4.77. The predicted octanol–water partition coefficient (Wildman–Crippen LogP) is 3.03. The molecule has 100 valence electrons. The molecule has 0 aliphatic heterocycles. The van der Waals surface area contributed by atoms with Gasteiger partial charge in [0.15, 0.2) is 5.82 Å². The van der Waals surface area contributed by atoms with Gasteiger partial charge in [0.1, 0.15) is 17.4 Å². The molecular formula is C15H12FN3O. The number of anilines is 1. The lowest BCUT2D eigenvalue weighted by atomic mass is 10.1. The van der Waals surface area contributed by atoms with Crippen LogP contribution < -0.4 is 10.5 Å². The highest BCUT2D eigenvalue weighted by Crippen LogP contribution is 2.26. The summed E-state index contributed by atoms with van der Waals surface area (Å²) < 4.78 is 18.4. The lowest BCUT2D eigenvalue weighted by molar-refractivity contribution is 0.415. The molecule has 0 radical (unpaired) electrons. The lowest BCUT2D eigenvalue weighted by Gasteiger charge is -2.07. The first-order valence-electron chi connectivity index (χ1n) is 6.04. The molecule has 0 saturated carbocycles. The first-order chi connectivity index (χ1) is 9.67. The Kier molecular flexibility index (Phi) is 2.95. The van der Waals surface area contributed by atoms with Gasteiger partial charge in [-0.25, -0.2) is 14.4 Å². The number of methoxy groups -OCH3 is 1. The molecule has 0 atom stereocenters. The minimum atomic E-state index is -0.334. The number of aromatic nitrogens is 2. The first-order valence-corrected chi connectivity index (χ1v) is 6.04. The van der Waals surface area contributed by atoms with Gasteiger partial charge in [-0.05, 0) is 30.3 Å². The summed E-state index contributed by atoms with van der Waals surface area (Å²) in [6, 6.07) is 11.5. The molecule has 0 aliphatic rings. The van der Waals surface area contributed by atoms with Crippen LogP contribution in [0.1, 0.15) is 0 Å². The van der Waals surface area contributed by atoms with E-state index >= 15 is 0 Å². The van der Waals surface area contributed by atoms with E-state index in [1.165, 1.54) is 12.1 Å². The topological polar surface area (TPSA) is 61.0 Å². The molecule has 1 aromatic heterocycles. The quantitative estimate of drug-likeness (QED) is 0.776. The molecule has 2 aromatic carbocycles. The van der Waals surface area contributed by atoms with Crippen molar-refractivity contribution in [2.45, 2.75) is 0 Å². The van der Waals surface area contributed by atoms with Crippen LogP contribution in [0.5, 0.6) is 5.75 Å². The summed E-state index contributed by atoms with van der Waals surface area (Å²) in [5, 5.41) is 0.713. The molecule has 0 fully saturated rings. The van der Waals surface area contributed by atoms with Crippen LogP contribution in [0.4, 0.5) is 10.2 Å². The van der Waals surface area contributed by atoms with Crippen molar-refractivity contribution in [2.75, 3.05) is 12.8 Å². The molecule has 0 saturated heterocycles. The van der Waals surface area contributed by atoms with Gasteiger partial charge in [-0.2, -0.15) is 0 Å². The van der Waals surface area contributed by atoms with Gasteiger partial charge < -0.3 is 10.5 Å². The summed E-state index contributed by atoms with van der Waals surface area (Å²) in [6.07, 6.45) is 0. The number of benzene rings is 2. The Morgan fingerprint density at radius 3 is 2.70 bits per heavy atom. The summed E-state index contributed by atoms with van der Waals surface area (Å²) >= 11 is 0. The number of nitrogen functional groups attached to an aromatic ring is 1. The second-order valence-electron chi connectivity index (χ2n) is 4.33. The predicted molar refractivity (Wildman–Crippen MR) is 75.9 cm³/mol.